The summed E-state index contributed by atoms with van der Waals surface area (Å²) < 4.78 is 0. The van der Waals surface area contributed by atoms with Gasteiger partial charge in [0.1, 0.15) is 6.04 Å². The molecule has 0 fully saturated rings. The number of carboxylic acids is 2. The molecule has 1 heterocycles. The fourth-order valence-electron chi connectivity index (χ4n) is 2.83. The number of amides is 1. The Bertz CT molecular complexity index is 612. The van der Waals surface area contributed by atoms with Crippen LogP contribution in [0.4, 0.5) is 5.69 Å². The van der Waals surface area contributed by atoms with Crippen LogP contribution in [-0.2, 0) is 20.8 Å². The number of carboxylic acid groups (broad SMARTS) is 2. The molecule has 0 bridgehead atoms. The molecule has 1 aromatic rings. The summed E-state index contributed by atoms with van der Waals surface area (Å²) in [7, 11) is 0. The van der Waals surface area contributed by atoms with E-state index in [4.69, 9.17) is 5.11 Å². The first kappa shape index (κ1) is 16.0. The van der Waals surface area contributed by atoms with E-state index in [1.54, 1.807) is 26.0 Å². The number of hydrogen-bond acceptors (Lipinski definition) is 3. The Hall–Kier alpha value is -2.37. The molecule has 0 aromatic heterocycles. The summed E-state index contributed by atoms with van der Waals surface area (Å²) >= 11 is 0. The molecule has 118 valence electrons. The monoisotopic (exact) mass is 305 g/mol. The number of benzene rings is 1. The van der Waals surface area contributed by atoms with Gasteiger partial charge in [-0.1, -0.05) is 32.0 Å². The number of hydrogen-bond donors (Lipinski definition) is 2. The Balaban J connectivity index is 2.25. The van der Waals surface area contributed by atoms with E-state index >= 15 is 0 Å². The van der Waals surface area contributed by atoms with Gasteiger partial charge in [-0.2, -0.15) is 0 Å². The molecule has 1 aliphatic heterocycles. The van der Waals surface area contributed by atoms with Gasteiger partial charge in [0.2, 0.25) is 5.91 Å². The number of aliphatic carboxylic acids is 2. The summed E-state index contributed by atoms with van der Waals surface area (Å²) in [6.45, 7) is 3.18. The van der Waals surface area contributed by atoms with E-state index in [2.05, 4.69) is 0 Å². The number of fused-ring (bicyclic) bond motifs is 1. The number of para-hydroxylation sites is 1. The van der Waals surface area contributed by atoms with E-state index in [0.717, 1.165) is 5.56 Å². The molecular formula is C16H19NO5. The first-order valence-corrected chi connectivity index (χ1v) is 7.19. The summed E-state index contributed by atoms with van der Waals surface area (Å²) in [4.78, 5) is 36.3. The number of rotatable bonds is 5. The Morgan fingerprint density at radius 2 is 1.82 bits per heavy atom. The van der Waals surface area contributed by atoms with E-state index < -0.39 is 29.8 Å². The summed E-state index contributed by atoms with van der Waals surface area (Å²) in [6, 6.07) is 6.18. The van der Waals surface area contributed by atoms with E-state index in [-0.39, 0.29) is 18.7 Å². The molecule has 6 nitrogen and oxygen atoms in total. The number of nitrogens with zero attached hydrogens (tertiary/aromatic N) is 1. The summed E-state index contributed by atoms with van der Waals surface area (Å²) in [6.07, 6.45) is 0.456. The average molecular weight is 305 g/mol. The van der Waals surface area contributed by atoms with Crippen LogP contribution in [0.1, 0.15) is 25.8 Å². The summed E-state index contributed by atoms with van der Waals surface area (Å²) in [5.74, 6) is -3.57. The lowest BCUT2D eigenvalue weighted by molar-refractivity contribution is -0.143. The van der Waals surface area contributed by atoms with Gasteiger partial charge in [0.25, 0.3) is 0 Å². The highest BCUT2D eigenvalue weighted by Gasteiger charge is 2.40. The van der Waals surface area contributed by atoms with Crippen molar-refractivity contribution in [2.75, 3.05) is 4.90 Å². The van der Waals surface area contributed by atoms with Gasteiger partial charge in [-0.05, 0) is 18.1 Å². The number of carbonyl (C=O) groups is 3. The normalized spacial score (nSPS) is 19.4. The quantitative estimate of drug-likeness (QED) is 0.864. The smallest absolute Gasteiger partial charge is 0.327 e. The van der Waals surface area contributed by atoms with Crippen LogP contribution < -0.4 is 4.90 Å². The predicted octanol–water partition coefficient (Wildman–Crippen LogP) is 1.78. The second-order valence-corrected chi connectivity index (χ2v) is 5.77. The van der Waals surface area contributed by atoms with Crippen molar-refractivity contribution in [3.8, 4) is 0 Å². The fourth-order valence-corrected chi connectivity index (χ4v) is 2.83. The van der Waals surface area contributed by atoms with Gasteiger partial charge in [-0.3, -0.25) is 14.5 Å². The maximum atomic E-state index is 12.7. The van der Waals surface area contributed by atoms with Gasteiger partial charge < -0.3 is 10.2 Å². The molecule has 2 N–H and O–H groups in total. The number of anilines is 1. The molecule has 0 radical (unpaired) electrons. The second kappa shape index (κ2) is 6.17. The van der Waals surface area contributed by atoms with Crippen LogP contribution in [0, 0.1) is 11.8 Å². The van der Waals surface area contributed by atoms with Gasteiger partial charge in [0.05, 0.1) is 5.92 Å². The Morgan fingerprint density at radius 1 is 1.18 bits per heavy atom. The molecule has 1 amide bonds. The van der Waals surface area contributed by atoms with Crippen LogP contribution in [0.25, 0.3) is 0 Å². The average Bonchev–Trinajstić information content (AvgIpc) is 2.85. The van der Waals surface area contributed by atoms with Gasteiger partial charge in [-0.25, -0.2) is 4.79 Å². The molecule has 0 saturated carbocycles. The van der Waals surface area contributed by atoms with Crippen LogP contribution in [0.2, 0.25) is 0 Å². The highest BCUT2D eigenvalue weighted by Crippen LogP contribution is 2.34. The molecule has 2 unspecified atom stereocenters. The van der Waals surface area contributed by atoms with Crippen LogP contribution in [-0.4, -0.2) is 34.1 Å². The second-order valence-electron chi connectivity index (χ2n) is 5.77. The topological polar surface area (TPSA) is 94.9 Å². The van der Waals surface area contributed by atoms with Gasteiger partial charge >= 0.3 is 11.9 Å². The van der Waals surface area contributed by atoms with Crippen molar-refractivity contribution in [2.45, 2.75) is 32.7 Å². The third-order valence-corrected chi connectivity index (χ3v) is 4.05. The van der Waals surface area contributed by atoms with Crippen LogP contribution in [0.5, 0.6) is 0 Å². The van der Waals surface area contributed by atoms with E-state index in [0.29, 0.717) is 5.69 Å². The molecule has 0 aliphatic carbocycles. The first-order chi connectivity index (χ1) is 10.3. The van der Waals surface area contributed by atoms with Gasteiger partial charge in [0, 0.05) is 18.0 Å². The molecule has 0 saturated heterocycles. The zero-order valence-electron chi connectivity index (χ0n) is 12.5. The van der Waals surface area contributed by atoms with Crippen molar-refractivity contribution >= 4 is 23.5 Å². The molecule has 22 heavy (non-hydrogen) atoms. The highest BCUT2D eigenvalue weighted by molar-refractivity contribution is 6.02. The lowest BCUT2D eigenvalue weighted by atomic mass is 9.96. The molecule has 6 heteroatoms. The largest absolute Gasteiger partial charge is 0.481 e. The zero-order valence-corrected chi connectivity index (χ0v) is 12.5. The molecule has 0 spiro atoms. The fraction of sp³-hybridized carbons (Fsp3) is 0.438. The first-order valence-electron chi connectivity index (χ1n) is 7.19. The van der Waals surface area contributed by atoms with Crippen molar-refractivity contribution in [3.63, 3.8) is 0 Å². The molecule has 1 aliphatic rings. The van der Waals surface area contributed by atoms with Crippen molar-refractivity contribution in [2.24, 2.45) is 11.8 Å². The third-order valence-electron chi connectivity index (χ3n) is 4.05. The minimum atomic E-state index is -1.05. The number of carbonyl (C=O) groups excluding carboxylic acids is 1. The standard InChI is InChI=1S/C16H19NO5/c1-9(7-10(2)15(19)20)14(18)17-12-6-4-3-5-11(12)8-13(17)16(21)22/h3-6,9-10,13H,7-8H2,1-2H3,(H,19,20)(H,21,22)/t9?,10?,13-/m0/s1. The lowest BCUT2D eigenvalue weighted by Gasteiger charge is -2.26. The van der Waals surface area contributed by atoms with E-state index in [1.165, 1.54) is 4.90 Å². The Labute approximate surface area is 128 Å². The minimum absolute atomic E-state index is 0.180. The molecular weight excluding hydrogens is 286 g/mol. The Morgan fingerprint density at radius 3 is 2.41 bits per heavy atom. The summed E-state index contributed by atoms with van der Waals surface area (Å²) in [5.41, 5.74) is 1.43. The summed E-state index contributed by atoms with van der Waals surface area (Å²) in [5, 5.41) is 18.3. The van der Waals surface area contributed by atoms with Gasteiger partial charge in [0.15, 0.2) is 0 Å². The van der Waals surface area contributed by atoms with Crippen LogP contribution in [0.3, 0.4) is 0 Å². The molecule has 1 aromatic carbocycles. The van der Waals surface area contributed by atoms with Crippen molar-refractivity contribution in [1.82, 2.24) is 0 Å². The predicted molar refractivity (Wildman–Crippen MR) is 79.6 cm³/mol. The Kier molecular flexibility index (Phi) is 4.49. The van der Waals surface area contributed by atoms with Crippen LogP contribution >= 0.6 is 0 Å². The van der Waals surface area contributed by atoms with Gasteiger partial charge in [-0.15, -0.1) is 0 Å². The maximum Gasteiger partial charge on any atom is 0.327 e. The molecule has 2 rings (SSSR count). The zero-order chi connectivity index (χ0) is 16.4. The SMILES string of the molecule is CC(CC(C)C(=O)N1c2ccccc2C[C@H]1C(=O)O)C(=O)O. The van der Waals surface area contributed by atoms with Crippen molar-refractivity contribution < 1.29 is 24.6 Å². The van der Waals surface area contributed by atoms with E-state index in [1.807, 2.05) is 12.1 Å². The third kappa shape index (κ3) is 2.95. The lowest BCUT2D eigenvalue weighted by Crippen LogP contribution is -2.45. The van der Waals surface area contributed by atoms with E-state index in [9.17, 15) is 19.5 Å². The highest BCUT2D eigenvalue weighted by atomic mass is 16.4. The maximum absolute atomic E-state index is 12.7. The van der Waals surface area contributed by atoms with Crippen LogP contribution in [0.15, 0.2) is 24.3 Å². The molecule has 3 atom stereocenters. The minimum Gasteiger partial charge on any atom is -0.481 e. The van der Waals surface area contributed by atoms with Crippen molar-refractivity contribution in [3.05, 3.63) is 29.8 Å². The van der Waals surface area contributed by atoms with Crippen molar-refractivity contribution in [1.29, 1.82) is 0 Å².